The molecule has 4 rings (SSSR count). The van der Waals surface area contributed by atoms with E-state index in [2.05, 4.69) is 20.7 Å². The van der Waals surface area contributed by atoms with Crippen molar-refractivity contribution in [2.75, 3.05) is 7.11 Å². The number of benzene rings is 2. The first kappa shape index (κ1) is 22.0. The third-order valence-electron chi connectivity index (χ3n) is 5.55. The second-order valence-electron chi connectivity index (χ2n) is 7.85. The highest BCUT2D eigenvalue weighted by molar-refractivity contribution is 6.08. The van der Waals surface area contributed by atoms with E-state index in [9.17, 15) is 19.2 Å². The van der Waals surface area contributed by atoms with E-state index in [4.69, 9.17) is 4.74 Å². The lowest BCUT2D eigenvalue weighted by Gasteiger charge is -2.22. The van der Waals surface area contributed by atoms with Crippen LogP contribution in [0.25, 0.3) is 10.9 Å². The minimum Gasteiger partial charge on any atom is -0.497 e. The number of hydrogen-bond donors (Lipinski definition) is 3. The van der Waals surface area contributed by atoms with Gasteiger partial charge in [0.1, 0.15) is 17.1 Å². The summed E-state index contributed by atoms with van der Waals surface area (Å²) < 4.78 is 5.19. The zero-order valence-electron chi connectivity index (χ0n) is 18.2. The summed E-state index contributed by atoms with van der Waals surface area (Å²) in [4.78, 5) is 57.1. The number of aryl methyl sites for hydroxylation is 1. The maximum atomic E-state index is 13.0. The average molecular weight is 449 g/mol. The number of hydrogen-bond acceptors (Lipinski definition) is 6. The molecule has 3 N–H and O–H groups in total. The Balaban J connectivity index is 1.38. The largest absolute Gasteiger partial charge is 0.497 e. The van der Waals surface area contributed by atoms with Gasteiger partial charge in [-0.3, -0.25) is 19.8 Å². The molecule has 1 aliphatic rings. The van der Waals surface area contributed by atoms with Gasteiger partial charge >= 0.3 is 6.03 Å². The number of H-pyrrole nitrogens is 1. The number of ether oxygens (including phenoxy) is 1. The van der Waals surface area contributed by atoms with E-state index in [1.165, 1.54) is 7.11 Å². The molecule has 0 radical (unpaired) electrons. The summed E-state index contributed by atoms with van der Waals surface area (Å²) in [6, 6.07) is 13.1. The van der Waals surface area contributed by atoms with Crippen LogP contribution >= 0.6 is 0 Å². The van der Waals surface area contributed by atoms with Crippen LogP contribution in [0.15, 0.2) is 53.3 Å². The SMILES string of the molecule is COc1cccc(C2(C)NC(=O)N(NC(=O)CCCc3nc4ccccc4c(=O)[nH]3)C2=O)c1. The molecule has 33 heavy (non-hydrogen) atoms. The van der Waals surface area contributed by atoms with Gasteiger partial charge in [-0.05, 0) is 43.2 Å². The van der Waals surface area contributed by atoms with Crippen LogP contribution in [0.2, 0.25) is 0 Å². The Kier molecular flexibility index (Phi) is 5.82. The Morgan fingerprint density at radius 1 is 1.15 bits per heavy atom. The van der Waals surface area contributed by atoms with E-state index in [0.717, 1.165) is 0 Å². The monoisotopic (exact) mass is 449 g/mol. The number of fused-ring (bicyclic) bond motifs is 1. The number of nitrogens with zero attached hydrogens (tertiary/aromatic N) is 2. The minimum absolute atomic E-state index is 0.0312. The number of rotatable bonds is 7. The minimum atomic E-state index is -1.34. The molecule has 1 atom stereocenters. The molecule has 1 fully saturated rings. The molecule has 1 aliphatic heterocycles. The predicted octanol–water partition coefficient (Wildman–Crippen LogP) is 1.75. The third kappa shape index (κ3) is 4.27. The van der Waals surface area contributed by atoms with Crippen molar-refractivity contribution < 1.29 is 19.1 Å². The number of hydrazine groups is 1. The molecule has 4 amide bonds. The van der Waals surface area contributed by atoms with Gasteiger partial charge in [0.25, 0.3) is 11.5 Å². The standard InChI is InChI=1S/C23H23N5O5/c1-23(14-7-5-8-15(13-14)33-2)21(31)28(22(32)26-23)27-19(29)12-6-11-18-24-17-10-4-3-9-16(17)20(30)25-18/h3-5,7-10,13H,6,11-12H2,1-2H3,(H,26,32)(H,27,29)(H,24,25,30). The number of methoxy groups -OCH3 is 1. The van der Waals surface area contributed by atoms with Crippen LogP contribution in [-0.2, 0) is 21.5 Å². The quantitative estimate of drug-likeness (QED) is 0.471. The number of para-hydroxylation sites is 1. The molecule has 0 spiro atoms. The van der Waals surface area contributed by atoms with Crippen LogP contribution in [0.3, 0.4) is 0 Å². The van der Waals surface area contributed by atoms with Crippen LogP contribution in [0.4, 0.5) is 4.79 Å². The highest BCUT2D eigenvalue weighted by Crippen LogP contribution is 2.30. The number of imide groups is 1. The second-order valence-corrected chi connectivity index (χ2v) is 7.85. The van der Waals surface area contributed by atoms with Gasteiger partial charge in [0, 0.05) is 12.8 Å². The fourth-order valence-corrected chi connectivity index (χ4v) is 3.72. The van der Waals surface area contributed by atoms with Gasteiger partial charge in [-0.2, -0.15) is 5.01 Å². The van der Waals surface area contributed by atoms with Crippen molar-refractivity contribution in [2.45, 2.75) is 31.7 Å². The van der Waals surface area contributed by atoms with Gasteiger partial charge in [0.05, 0.1) is 18.0 Å². The predicted molar refractivity (Wildman–Crippen MR) is 119 cm³/mol. The lowest BCUT2D eigenvalue weighted by Crippen LogP contribution is -2.47. The molecule has 0 saturated carbocycles. The number of nitrogens with one attached hydrogen (secondary N) is 3. The zero-order valence-corrected chi connectivity index (χ0v) is 18.2. The Labute approximate surface area is 188 Å². The molecule has 3 aromatic rings. The molecule has 2 heterocycles. The Hall–Kier alpha value is -4.21. The number of aromatic nitrogens is 2. The molecular weight excluding hydrogens is 426 g/mol. The fourth-order valence-electron chi connectivity index (χ4n) is 3.72. The Morgan fingerprint density at radius 2 is 1.94 bits per heavy atom. The van der Waals surface area contributed by atoms with Gasteiger partial charge in [-0.25, -0.2) is 9.78 Å². The topological polar surface area (TPSA) is 133 Å². The number of aromatic amines is 1. The summed E-state index contributed by atoms with van der Waals surface area (Å²) in [6.07, 6.45) is 0.753. The maximum Gasteiger partial charge on any atom is 0.344 e. The van der Waals surface area contributed by atoms with Crippen molar-refractivity contribution in [3.8, 4) is 5.75 Å². The Morgan fingerprint density at radius 3 is 2.73 bits per heavy atom. The van der Waals surface area contributed by atoms with Gasteiger partial charge in [0.15, 0.2) is 0 Å². The molecule has 10 heteroatoms. The maximum absolute atomic E-state index is 13.0. The molecule has 1 aromatic heterocycles. The van der Waals surface area contributed by atoms with Crippen LogP contribution in [-0.4, -0.2) is 39.9 Å². The van der Waals surface area contributed by atoms with Gasteiger partial charge in [-0.15, -0.1) is 0 Å². The second kappa shape index (κ2) is 8.73. The van der Waals surface area contributed by atoms with Crippen molar-refractivity contribution in [3.05, 3.63) is 70.3 Å². The van der Waals surface area contributed by atoms with E-state index in [1.807, 2.05) is 0 Å². The smallest absolute Gasteiger partial charge is 0.344 e. The molecule has 170 valence electrons. The Bertz CT molecular complexity index is 1300. The van der Waals surface area contributed by atoms with Crippen molar-refractivity contribution in [2.24, 2.45) is 0 Å². The van der Waals surface area contributed by atoms with Crippen LogP contribution in [0.5, 0.6) is 5.75 Å². The molecule has 0 bridgehead atoms. The van der Waals surface area contributed by atoms with E-state index in [-0.39, 0.29) is 12.0 Å². The lowest BCUT2D eigenvalue weighted by molar-refractivity contribution is -0.139. The molecule has 0 aliphatic carbocycles. The van der Waals surface area contributed by atoms with E-state index < -0.39 is 23.4 Å². The number of carbonyl (C=O) groups excluding carboxylic acids is 3. The zero-order chi connectivity index (χ0) is 23.6. The average Bonchev–Trinajstić information content (AvgIpc) is 3.03. The summed E-state index contributed by atoms with van der Waals surface area (Å²) in [5.74, 6) is -0.100. The fraction of sp³-hybridized carbons (Fsp3) is 0.261. The highest BCUT2D eigenvalue weighted by Gasteiger charge is 2.50. The third-order valence-corrected chi connectivity index (χ3v) is 5.55. The normalized spacial score (nSPS) is 17.8. The van der Waals surface area contributed by atoms with Crippen molar-refractivity contribution in [1.82, 2.24) is 25.7 Å². The van der Waals surface area contributed by atoms with Gasteiger partial charge in [-0.1, -0.05) is 24.3 Å². The molecule has 10 nitrogen and oxygen atoms in total. The lowest BCUT2D eigenvalue weighted by atomic mass is 9.92. The number of amides is 4. The molecular formula is C23H23N5O5. The van der Waals surface area contributed by atoms with E-state index in [1.54, 1.807) is 55.5 Å². The first-order valence-electron chi connectivity index (χ1n) is 10.4. The molecule has 1 unspecified atom stereocenters. The van der Waals surface area contributed by atoms with E-state index in [0.29, 0.717) is 45.9 Å². The highest BCUT2D eigenvalue weighted by atomic mass is 16.5. The molecule has 1 saturated heterocycles. The number of carbonyl (C=O) groups is 3. The van der Waals surface area contributed by atoms with Crippen LogP contribution in [0, 0.1) is 0 Å². The number of urea groups is 1. The van der Waals surface area contributed by atoms with Crippen molar-refractivity contribution >= 4 is 28.7 Å². The van der Waals surface area contributed by atoms with Crippen molar-refractivity contribution in [1.29, 1.82) is 0 Å². The van der Waals surface area contributed by atoms with Gasteiger partial charge < -0.3 is 15.0 Å². The molecule has 2 aromatic carbocycles. The summed E-state index contributed by atoms with van der Waals surface area (Å²) >= 11 is 0. The first-order valence-corrected chi connectivity index (χ1v) is 10.4. The first-order chi connectivity index (χ1) is 15.8. The summed E-state index contributed by atoms with van der Waals surface area (Å²) in [7, 11) is 1.51. The van der Waals surface area contributed by atoms with Gasteiger partial charge in [0.2, 0.25) is 5.91 Å². The van der Waals surface area contributed by atoms with Crippen LogP contribution in [0.1, 0.15) is 31.2 Å². The summed E-state index contributed by atoms with van der Waals surface area (Å²) in [5.41, 5.74) is 1.90. The van der Waals surface area contributed by atoms with Crippen molar-refractivity contribution in [3.63, 3.8) is 0 Å². The summed E-state index contributed by atoms with van der Waals surface area (Å²) in [5, 5.41) is 3.82. The van der Waals surface area contributed by atoms with Crippen LogP contribution < -0.4 is 21.0 Å². The summed E-state index contributed by atoms with van der Waals surface area (Å²) in [6.45, 7) is 1.57. The van der Waals surface area contributed by atoms with E-state index >= 15 is 0 Å².